The quantitative estimate of drug-likeness (QED) is 0.610. The van der Waals surface area contributed by atoms with Crippen molar-refractivity contribution < 1.29 is 26.3 Å². The van der Waals surface area contributed by atoms with Gasteiger partial charge in [-0.2, -0.15) is 4.57 Å². The number of hydrogen-bond donors (Lipinski definition) is 1. The molecule has 14 heavy (non-hydrogen) atoms. The third kappa shape index (κ3) is 2.80. The number of anilines is 1. The monoisotopic (exact) mass is 256 g/mol. The highest BCUT2D eigenvalue weighted by atomic mass is 79.9. The Labute approximate surface area is 93.7 Å². The van der Waals surface area contributed by atoms with E-state index in [0.717, 1.165) is 18.5 Å². The second-order valence-electron chi connectivity index (χ2n) is 3.54. The van der Waals surface area contributed by atoms with Crippen LogP contribution in [0.1, 0.15) is 12.8 Å². The standard InChI is InChI=1S/C10H12N2O.BrH/c11-9-3-5-12(6-4-9)7-10(13)8-1-2-8;/h3-6,8,11H,1-2,7H2;1H. The number of nitrogens with two attached hydrogens (primary N) is 1. The molecule has 1 aromatic heterocycles. The zero-order valence-corrected chi connectivity index (χ0v) is 9.40. The Hall–Kier alpha value is -0.900. The van der Waals surface area contributed by atoms with Gasteiger partial charge < -0.3 is 22.7 Å². The van der Waals surface area contributed by atoms with E-state index < -0.39 is 0 Å². The SMILES string of the molecule is Nc1cc[n+](CC(=O)C2CC2)cc1.[Br-]. The van der Waals surface area contributed by atoms with Crippen LogP contribution >= 0.6 is 0 Å². The topological polar surface area (TPSA) is 47.0 Å². The Morgan fingerprint density at radius 1 is 1.43 bits per heavy atom. The largest absolute Gasteiger partial charge is 1.00 e. The summed E-state index contributed by atoms with van der Waals surface area (Å²) in [7, 11) is 0. The van der Waals surface area contributed by atoms with Crippen LogP contribution in [0.15, 0.2) is 24.5 Å². The highest BCUT2D eigenvalue weighted by Crippen LogP contribution is 2.29. The predicted octanol–water partition coefficient (Wildman–Crippen LogP) is -2.46. The van der Waals surface area contributed by atoms with Crippen LogP contribution in [0, 0.1) is 5.92 Å². The third-order valence-corrected chi connectivity index (χ3v) is 2.29. The maximum atomic E-state index is 11.4. The Morgan fingerprint density at radius 2 is 2.00 bits per heavy atom. The van der Waals surface area contributed by atoms with Gasteiger partial charge in [-0.3, -0.25) is 4.79 Å². The molecule has 0 radical (unpaired) electrons. The summed E-state index contributed by atoms with van der Waals surface area (Å²) in [5.41, 5.74) is 6.26. The number of carbonyl (C=O) groups is 1. The number of Topliss-reactive ketones (excluding diaryl/α,β-unsaturated/α-hetero) is 1. The van der Waals surface area contributed by atoms with Crippen LogP contribution in [0.4, 0.5) is 5.69 Å². The van der Waals surface area contributed by atoms with Gasteiger partial charge in [-0.05, 0) is 12.8 Å². The van der Waals surface area contributed by atoms with Gasteiger partial charge in [0.15, 0.2) is 18.2 Å². The lowest BCUT2D eigenvalue weighted by Gasteiger charge is -1.95. The third-order valence-electron chi connectivity index (χ3n) is 2.29. The molecule has 1 aliphatic rings. The maximum absolute atomic E-state index is 11.4. The number of carbonyl (C=O) groups excluding carboxylic acids is 1. The first-order chi connectivity index (χ1) is 6.25. The van der Waals surface area contributed by atoms with Gasteiger partial charge in [0.05, 0.1) is 0 Å². The molecule has 2 N–H and O–H groups in total. The van der Waals surface area contributed by atoms with E-state index in [2.05, 4.69) is 0 Å². The van der Waals surface area contributed by atoms with Crippen molar-refractivity contribution in [3.63, 3.8) is 0 Å². The summed E-state index contributed by atoms with van der Waals surface area (Å²) in [6.45, 7) is 0.491. The van der Waals surface area contributed by atoms with E-state index >= 15 is 0 Å². The lowest BCUT2D eigenvalue weighted by atomic mass is 10.2. The van der Waals surface area contributed by atoms with Crippen LogP contribution in [0.25, 0.3) is 0 Å². The highest BCUT2D eigenvalue weighted by molar-refractivity contribution is 5.81. The number of nitrogen functional groups attached to an aromatic ring is 1. The van der Waals surface area contributed by atoms with Gasteiger partial charge in [0.25, 0.3) is 0 Å². The lowest BCUT2D eigenvalue weighted by molar-refractivity contribution is -0.684. The number of halogens is 1. The molecule has 76 valence electrons. The van der Waals surface area contributed by atoms with Gasteiger partial charge in [0.2, 0.25) is 6.54 Å². The molecule has 0 aromatic carbocycles. The fourth-order valence-electron chi connectivity index (χ4n) is 1.29. The van der Waals surface area contributed by atoms with Crippen molar-refractivity contribution in [3.8, 4) is 0 Å². The Bertz CT molecular complexity index is 319. The number of nitrogens with zero attached hydrogens (tertiary/aromatic N) is 1. The lowest BCUT2D eigenvalue weighted by Crippen LogP contribution is -3.00. The average molecular weight is 257 g/mol. The molecule has 4 heteroatoms. The van der Waals surface area contributed by atoms with Crippen LogP contribution < -0.4 is 27.3 Å². The molecule has 0 unspecified atom stereocenters. The minimum Gasteiger partial charge on any atom is -1.00 e. The summed E-state index contributed by atoms with van der Waals surface area (Å²) in [4.78, 5) is 11.4. The first-order valence-electron chi connectivity index (χ1n) is 4.53. The van der Waals surface area contributed by atoms with Crippen molar-refractivity contribution in [1.29, 1.82) is 0 Å². The van der Waals surface area contributed by atoms with Crippen LogP contribution in [-0.2, 0) is 11.3 Å². The van der Waals surface area contributed by atoms with Crippen LogP contribution in [-0.4, -0.2) is 5.78 Å². The Morgan fingerprint density at radius 3 is 2.50 bits per heavy atom. The van der Waals surface area contributed by atoms with Gasteiger partial charge in [-0.1, -0.05) is 0 Å². The van der Waals surface area contributed by atoms with E-state index in [9.17, 15) is 4.79 Å². The number of pyridine rings is 1. The second kappa shape index (κ2) is 4.55. The number of rotatable bonds is 3. The normalized spacial score (nSPS) is 14.6. The van der Waals surface area contributed by atoms with Crippen molar-refractivity contribution in [2.24, 2.45) is 5.92 Å². The fourth-order valence-corrected chi connectivity index (χ4v) is 1.29. The van der Waals surface area contributed by atoms with Crippen molar-refractivity contribution in [2.75, 3.05) is 5.73 Å². The molecule has 0 bridgehead atoms. The molecule has 1 aromatic rings. The van der Waals surface area contributed by atoms with Gasteiger partial charge in [0.1, 0.15) is 0 Å². The van der Waals surface area contributed by atoms with E-state index in [1.165, 1.54) is 0 Å². The summed E-state index contributed by atoms with van der Waals surface area (Å²) >= 11 is 0. The highest BCUT2D eigenvalue weighted by Gasteiger charge is 2.31. The van der Waals surface area contributed by atoms with Crippen LogP contribution in [0.3, 0.4) is 0 Å². The summed E-state index contributed by atoms with van der Waals surface area (Å²) in [5.74, 6) is 0.680. The minimum absolute atomic E-state index is 0. The summed E-state index contributed by atoms with van der Waals surface area (Å²) < 4.78 is 1.87. The first-order valence-corrected chi connectivity index (χ1v) is 4.53. The fraction of sp³-hybridized carbons (Fsp3) is 0.400. The molecule has 1 heterocycles. The molecule has 3 nitrogen and oxygen atoms in total. The molecule has 1 saturated carbocycles. The van der Waals surface area contributed by atoms with Crippen LogP contribution in [0.2, 0.25) is 0 Å². The Balaban J connectivity index is 0.000000980. The molecule has 0 amide bonds. The molecule has 0 saturated heterocycles. The van der Waals surface area contributed by atoms with Crippen molar-refractivity contribution >= 4 is 11.5 Å². The average Bonchev–Trinajstić information content (AvgIpc) is 2.91. The van der Waals surface area contributed by atoms with Gasteiger partial charge in [-0.15, -0.1) is 0 Å². The second-order valence-corrected chi connectivity index (χ2v) is 3.54. The minimum atomic E-state index is 0. The number of aromatic nitrogens is 1. The predicted molar refractivity (Wildman–Crippen MR) is 48.8 cm³/mol. The van der Waals surface area contributed by atoms with E-state index in [-0.39, 0.29) is 17.0 Å². The van der Waals surface area contributed by atoms with Gasteiger partial charge >= 0.3 is 0 Å². The van der Waals surface area contributed by atoms with Crippen molar-refractivity contribution in [1.82, 2.24) is 0 Å². The Kier molecular flexibility index (Phi) is 3.63. The number of hydrogen-bond acceptors (Lipinski definition) is 2. The van der Waals surface area contributed by atoms with Crippen LogP contribution in [0.5, 0.6) is 0 Å². The van der Waals surface area contributed by atoms with E-state index in [4.69, 9.17) is 5.73 Å². The summed E-state index contributed by atoms with van der Waals surface area (Å²) in [6, 6.07) is 3.61. The smallest absolute Gasteiger partial charge is 0.206 e. The molecule has 0 spiro atoms. The van der Waals surface area contributed by atoms with E-state index in [0.29, 0.717) is 18.2 Å². The summed E-state index contributed by atoms with van der Waals surface area (Å²) in [5, 5.41) is 0. The number of ketones is 1. The molecular formula is C10H13BrN2O. The first kappa shape index (κ1) is 11.2. The molecule has 2 rings (SSSR count). The van der Waals surface area contributed by atoms with Crippen molar-refractivity contribution in [3.05, 3.63) is 24.5 Å². The van der Waals surface area contributed by atoms with Gasteiger partial charge in [0, 0.05) is 23.7 Å². The van der Waals surface area contributed by atoms with E-state index in [1.807, 2.05) is 17.0 Å². The molecule has 1 fully saturated rings. The summed E-state index contributed by atoms with van der Waals surface area (Å²) in [6.07, 6.45) is 5.84. The van der Waals surface area contributed by atoms with Crippen molar-refractivity contribution in [2.45, 2.75) is 19.4 Å². The molecular weight excluding hydrogens is 244 g/mol. The van der Waals surface area contributed by atoms with E-state index in [1.54, 1.807) is 12.1 Å². The molecule has 1 aliphatic carbocycles. The molecule has 0 atom stereocenters. The maximum Gasteiger partial charge on any atom is 0.206 e. The zero-order chi connectivity index (χ0) is 9.26. The van der Waals surface area contributed by atoms with Gasteiger partial charge in [-0.25, -0.2) is 0 Å². The zero-order valence-electron chi connectivity index (χ0n) is 7.82. The molecule has 0 aliphatic heterocycles.